The Labute approximate surface area is 108 Å². The van der Waals surface area contributed by atoms with E-state index in [2.05, 4.69) is 19.2 Å². The molecule has 2 N–H and O–H groups in total. The lowest BCUT2D eigenvalue weighted by molar-refractivity contribution is -0.144. The van der Waals surface area contributed by atoms with E-state index < -0.39 is 18.0 Å². The van der Waals surface area contributed by atoms with Gasteiger partial charge in [-0.25, -0.2) is 9.48 Å². The number of nitrogens with zero attached hydrogens (tertiary/aromatic N) is 4. The Morgan fingerprint density at radius 2 is 2.21 bits per heavy atom. The fourth-order valence-corrected chi connectivity index (χ4v) is 1.78. The summed E-state index contributed by atoms with van der Waals surface area (Å²) in [7, 11) is 1.13. The van der Waals surface area contributed by atoms with Crippen LogP contribution in [0.2, 0.25) is 0 Å². The molecule has 0 atom stereocenters. The summed E-state index contributed by atoms with van der Waals surface area (Å²) in [5.74, 6) is -2.07. The molecule has 0 radical (unpaired) electrons. The Morgan fingerprint density at radius 1 is 1.53 bits per heavy atom. The number of carbonyl (C=O) groups excluding carboxylic acids is 1. The number of anilines is 1. The highest BCUT2D eigenvalue weighted by Crippen LogP contribution is 2.28. The molecule has 0 aliphatic carbocycles. The number of methoxy groups -OCH3 is 1. The summed E-state index contributed by atoms with van der Waals surface area (Å²) in [5.41, 5.74) is 5.26. The number of esters is 1. The smallest absolute Gasteiger partial charge is 0.452 e. The number of hydrogen-bond donors (Lipinski definition) is 1. The average Bonchev–Trinajstić information content (AvgIpc) is 2.93. The molecule has 0 aliphatic rings. The maximum atomic E-state index is 12.3. The van der Waals surface area contributed by atoms with Crippen molar-refractivity contribution in [2.75, 3.05) is 12.8 Å². The van der Waals surface area contributed by atoms with Crippen molar-refractivity contribution in [3.8, 4) is 5.13 Å². The van der Waals surface area contributed by atoms with Gasteiger partial charge >= 0.3 is 12.1 Å². The molecule has 0 amide bonds. The Hall–Kier alpha value is -2.17. The molecule has 0 saturated heterocycles. The summed E-state index contributed by atoms with van der Waals surface area (Å²) in [5, 5.41) is 3.55. The van der Waals surface area contributed by atoms with Crippen molar-refractivity contribution in [3.63, 3.8) is 0 Å². The molecular formula is C8H6F3N5O2S. The standard InChI is InChI=1S/C8H6F3N5O2S/c1-18-5(17)4-3(12)2-16(14-4)7-13-6(15-19-7)8(9,10)11/h2H,12H2,1H3. The molecule has 0 aromatic carbocycles. The second kappa shape index (κ2) is 4.50. The molecule has 0 aliphatic heterocycles. The molecule has 0 fully saturated rings. The summed E-state index contributed by atoms with van der Waals surface area (Å²) in [6, 6.07) is 0. The summed E-state index contributed by atoms with van der Waals surface area (Å²) < 4.78 is 45.5. The number of halogens is 3. The van der Waals surface area contributed by atoms with Crippen LogP contribution in [0.25, 0.3) is 5.13 Å². The Bertz CT molecular complexity index is 620. The zero-order valence-corrected chi connectivity index (χ0v) is 10.1. The van der Waals surface area contributed by atoms with Crippen LogP contribution >= 0.6 is 11.5 Å². The highest BCUT2D eigenvalue weighted by Gasteiger charge is 2.36. The Kier molecular flexibility index (Phi) is 3.14. The third-order valence-corrected chi connectivity index (χ3v) is 2.69. The number of carbonyl (C=O) groups is 1. The van der Waals surface area contributed by atoms with Crippen LogP contribution in [0.1, 0.15) is 16.3 Å². The molecule has 0 unspecified atom stereocenters. The predicted octanol–water partition coefficient (Wildman–Crippen LogP) is 1.11. The predicted molar refractivity (Wildman–Crippen MR) is 57.8 cm³/mol. The SMILES string of the molecule is COC(=O)c1nn(-c2nc(C(F)(F)F)ns2)cc1N. The van der Waals surface area contributed by atoms with Crippen LogP contribution in [0.4, 0.5) is 18.9 Å². The summed E-state index contributed by atoms with van der Waals surface area (Å²) in [6.45, 7) is 0. The number of rotatable bonds is 2. The molecule has 11 heteroatoms. The van der Waals surface area contributed by atoms with Crippen LogP contribution in [0.3, 0.4) is 0 Å². The number of aromatic nitrogens is 4. The van der Waals surface area contributed by atoms with E-state index in [1.165, 1.54) is 0 Å². The molecule has 19 heavy (non-hydrogen) atoms. The van der Waals surface area contributed by atoms with Crippen LogP contribution in [0.15, 0.2) is 6.20 Å². The van der Waals surface area contributed by atoms with Gasteiger partial charge in [0.15, 0.2) is 5.69 Å². The first kappa shape index (κ1) is 13.3. The van der Waals surface area contributed by atoms with E-state index in [9.17, 15) is 18.0 Å². The zero-order chi connectivity index (χ0) is 14.2. The fourth-order valence-electron chi connectivity index (χ4n) is 1.16. The molecular weight excluding hydrogens is 287 g/mol. The Balaban J connectivity index is 2.38. The second-order valence-electron chi connectivity index (χ2n) is 3.27. The quantitative estimate of drug-likeness (QED) is 0.833. The van der Waals surface area contributed by atoms with E-state index in [0.29, 0.717) is 11.5 Å². The van der Waals surface area contributed by atoms with E-state index in [-0.39, 0.29) is 16.5 Å². The number of nitrogens with two attached hydrogens (primary N) is 1. The number of ether oxygens (including phenoxy) is 1. The maximum absolute atomic E-state index is 12.3. The van der Waals surface area contributed by atoms with Crippen molar-refractivity contribution in [1.82, 2.24) is 19.1 Å². The van der Waals surface area contributed by atoms with Crippen LogP contribution in [-0.4, -0.2) is 32.2 Å². The zero-order valence-electron chi connectivity index (χ0n) is 9.30. The lowest BCUT2D eigenvalue weighted by Crippen LogP contribution is -2.08. The van der Waals surface area contributed by atoms with Gasteiger partial charge in [-0.2, -0.15) is 27.6 Å². The van der Waals surface area contributed by atoms with E-state index in [1.54, 1.807) is 0 Å². The van der Waals surface area contributed by atoms with Crippen LogP contribution in [0.5, 0.6) is 0 Å². The van der Waals surface area contributed by atoms with Crippen molar-refractivity contribution in [1.29, 1.82) is 0 Å². The average molecular weight is 293 g/mol. The minimum atomic E-state index is -4.64. The molecule has 2 aromatic heterocycles. The van der Waals surface area contributed by atoms with E-state index in [1.807, 2.05) is 0 Å². The van der Waals surface area contributed by atoms with E-state index >= 15 is 0 Å². The monoisotopic (exact) mass is 293 g/mol. The number of hydrogen-bond acceptors (Lipinski definition) is 7. The van der Waals surface area contributed by atoms with Crippen molar-refractivity contribution in [2.24, 2.45) is 0 Å². The first-order valence-corrected chi connectivity index (χ1v) is 5.45. The minimum absolute atomic E-state index is 0.0318. The molecule has 0 spiro atoms. The van der Waals surface area contributed by atoms with Crippen LogP contribution < -0.4 is 5.73 Å². The molecule has 2 rings (SSSR count). The van der Waals surface area contributed by atoms with Gasteiger partial charge in [0.2, 0.25) is 11.0 Å². The van der Waals surface area contributed by atoms with Crippen molar-refractivity contribution < 1.29 is 22.7 Å². The van der Waals surface area contributed by atoms with E-state index in [0.717, 1.165) is 18.0 Å². The lowest BCUT2D eigenvalue weighted by atomic mass is 10.4. The van der Waals surface area contributed by atoms with E-state index in [4.69, 9.17) is 5.73 Å². The molecule has 0 saturated carbocycles. The van der Waals surface area contributed by atoms with Gasteiger partial charge in [0.1, 0.15) is 0 Å². The molecule has 2 heterocycles. The third kappa shape index (κ3) is 2.50. The largest absolute Gasteiger partial charge is 0.464 e. The van der Waals surface area contributed by atoms with Crippen molar-refractivity contribution >= 4 is 23.2 Å². The molecule has 0 bridgehead atoms. The Morgan fingerprint density at radius 3 is 2.74 bits per heavy atom. The molecule has 102 valence electrons. The number of nitrogen functional groups attached to an aromatic ring is 1. The van der Waals surface area contributed by atoms with Gasteiger partial charge in [-0.05, 0) is 0 Å². The topological polar surface area (TPSA) is 95.9 Å². The van der Waals surface area contributed by atoms with Gasteiger partial charge < -0.3 is 10.5 Å². The van der Waals surface area contributed by atoms with Crippen LogP contribution in [0, 0.1) is 0 Å². The second-order valence-corrected chi connectivity index (χ2v) is 4.00. The highest BCUT2D eigenvalue weighted by molar-refractivity contribution is 7.08. The summed E-state index contributed by atoms with van der Waals surface area (Å²) in [6.07, 6.45) is -3.48. The normalized spacial score (nSPS) is 11.6. The van der Waals surface area contributed by atoms with Gasteiger partial charge in [0.25, 0.3) is 0 Å². The first-order chi connectivity index (χ1) is 8.82. The van der Waals surface area contributed by atoms with Crippen molar-refractivity contribution in [2.45, 2.75) is 6.18 Å². The maximum Gasteiger partial charge on any atom is 0.452 e. The molecule has 7 nitrogen and oxygen atoms in total. The molecule has 2 aromatic rings. The van der Waals surface area contributed by atoms with Crippen molar-refractivity contribution in [3.05, 3.63) is 17.7 Å². The van der Waals surface area contributed by atoms with Gasteiger partial charge in [0, 0.05) is 11.5 Å². The van der Waals surface area contributed by atoms with Crippen LogP contribution in [-0.2, 0) is 10.9 Å². The van der Waals surface area contributed by atoms with Gasteiger partial charge in [-0.15, -0.1) is 0 Å². The first-order valence-electron chi connectivity index (χ1n) is 4.67. The highest BCUT2D eigenvalue weighted by atomic mass is 32.1. The van der Waals surface area contributed by atoms with Gasteiger partial charge in [0.05, 0.1) is 19.0 Å². The van der Waals surface area contributed by atoms with Gasteiger partial charge in [-0.1, -0.05) is 0 Å². The minimum Gasteiger partial charge on any atom is -0.464 e. The fraction of sp³-hybridized carbons (Fsp3) is 0.250. The van der Waals surface area contributed by atoms with Gasteiger partial charge in [-0.3, -0.25) is 0 Å². The lowest BCUT2D eigenvalue weighted by Gasteiger charge is -1.97. The number of alkyl halides is 3. The summed E-state index contributed by atoms with van der Waals surface area (Å²) in [4.78, 5) is 14.5. The summed E-state index contributed by atoms with van der Waals surface area (Å²) >= 11 is 0.483. The third-order valence-electron chi connectivity index (χ3n) is 1.99.